The van der Waals surface area contributed by atoms with Crippen molar-refractivity contribution < 1.29 is 9.53 Å². The highest BCUT2D eigenvalue weighted by Crippen LogP contribution is 2.31. The lowest BCUT2D eigenvalue weighted by Gasteiger charge is -2.28. The maximum atomic E-state index is 13.2. The first-order valence-electron chi connectivity index (χ1n) is 9.79. The van der Waals surface area contributed by atoms with Gasteiger partial charge in [-0.25, -0.2) is 4.99 Å². The Morgan fingerprint density at radius 3 is 2.83 bits per heavy atom. The van der Waals surface area contributed by atoms with Crippen LogP contribution in [0.3, 0.4) is 0 Å². The van der Waals surface area contributed by atoms with Crippen LogP contribution in [0, 0.1) is 6.92 Å². The minimum absolute atomic E-state index is 0.0823. The van der Waals surface area contributed by atoms with E-state index in [1.807, 2.05) is 54.3 Å². The number of amides is 1. The molecule has 1 amide bonds. The zero-order valence-electron chi connectivity index (χ0n) is 16.7. The molecular formula is C24H24N2O2S. The van der Waals surface area contributed by atoms with Crippen molar-refractivity contribution in [3.05, 3.63) is 71.8 Å². The minimum Gasteiger partial charge on any atom is -0.494 e. The molecule has 3 aromatic rings. The number of aliphatic imine (C=N–C) groups is 1. The number of hydrogen-bond donors (Lipinski definition) is 0. The Balaban J connectivity index is 1.64. The van der Waals surface area contributed by atoms with Crippen LogP contribution in [0.15, 0.2) is 65.7 Å². The van der Waals surface area contributed by atoms with E-state index in [0.717, 1.165) is 50.7 Å². The minimum atomic E-state index is 0.0823. The number of hydrogen-bond acceptors (Lipinski definition) is 4. The summed E-state index contributed by atoms with van der Waals surface area (Å²) >= 11 is 1.63. The van der Waals surface area contributed by atoms with E-state index in [2.05, 4.69) is 18.2 Å². The molecule has 0 atom stereocenters. The summed E-state index contributed by atoms with van der Waals surface area (Å²) in [5.74, 6) is 1.76. The number of rotatable bonds is 4. The number of fused-ring (bicyclic) bond motifs is 1. The average molecular weight is 405 g/mol. The summed E-state index contributed by atoms with van der Waals surface area (Å²) in [6, 6.07) is 20.3. The van der Waals surface area contributed by atoms with Gasteiger partial charge in [-0.1, -0.05) is 60.3 Å². The number of methoxy groups -OCH3 is 1. The molecule has 1 fully saturated rings. The van der Waals surface area contributed by atoms with E-state index in [4.69, 9.17) is 9.73 Å². The second-order valence-corrected chi connectivity index (χ2v) is 8.19. The summed E-state index contributed by atoms with van der Waals surface area (Å²) in [4.78, 5) is 19.9. The number of amidine groups is 1. The van der Waals surface area contributed by atoms with Crippen LogP contribution < -0.4 is 4.74 Å². The third-order valence-corrected chi connectivity index (χ3v) is 6.12. The molecule has 0 N–H and O–H groups in total. The summed E-state index contributed by atoms with van der Waals surface area (Å²) in [7, 11) is 1.64. The van der Waals surface area contributed by atoms with E-state index in [-0.39, 0.29) is 5.91 Å². The Labute approximate surface area is 175 Å². The van der Waals surface area contributed by atoms with Crippen molar-refractivity contribution in [3.63, 3.8) is 0 Å². The number of aryl methyl sites for hydroxylation is 1. The van der Waals surface area contributed by atoms with Crippen molar-refractivity contribution in [2.75, 3.05) is 19.4 Å². The number of thioether (sulfide) groups is 1. The molecule has 0 aliphatic carbocycles. The van der Waals surface area contributed by atoms with Gasteiger partial charge in [-0.05, 0) is 47.4 Å². The highest BCUT2D eigenvalue weighted by molar-refractivity contribution is 8.13. The van der Waals surface area contributed by atoms with Crippen molar-refractivity contribution in [2.24, 2.45) is 4.99 Å². The number of nitrogens with zero attached hydrogens (tertiary/aromatic N) is 2. The summed E-state index contributed by atoms with van der Waals surface area (Å²) in [5, 5.41) is 3.04. The first-order valence-corrected chi connectivity index (χ1v) is 10.8. The van der Waals surface area contributed by atoms with E-state index in [1.165, 1.54) is 0 Å². The van der Waals surface area contributed by atoms with Crippen LogP contribution in [0.4, 0.5) is 5.69 Å². The summed E-state index contributed by atoms with van der Waals surface area (Å²) in [6.45, 7) is 2.73. The lowest BCUT2D eigenvalue weighted by atomic mass is 10.0. The van der Waals surface area contributed by atoms with E-state index in [0.29, 0.717) is 13.0 Å². The lowest BCUT2D eigenvalue weighted by Crippen LogP contribution is -2.40. The van der Waals surface area contributed by atoms with Gasteiger partial charge in [0.25, 0.3) is 0 Å². The fourth-order valence-electron chi connectivity index (χ4n) is 3.58. The highest BCUT2D eigenvalue weighted by Gasteiger charge is 2.24. The van der Waals surface area contributed by atoms with Gasteiger partial charge >= 0.3 is 0 Å². The molecule has 148 valence electrons. The topological polar surface area (TPSA) is 41.9 Å². The monoisotopic (exact) mass is 404 g/mol. The average Bonchev–Trinajstić information content (AvgIpc) is 2.74. The van der Waals surface area contributed by atoms with Crippen LogP contribution in [0.25, 0.3) is 10.8 Å². The fraction of sp³-hybridized carbons (Fsp3) is 0.250. The Bertz CT molecular complexity index is 1070. The zero-order chi connectivity index (χ0) is 20.2. The van der Waals surface area contributed by atoms with Crippen molar-refractivity contribution in [1.29, 1.82) is 0 Å². The van der Waals surface area contributed by atoms with Gasteiger partial charge in [0.1, 0.15) is 11.4 Å². The van der Waals surface area contributed by atoms with Gasteiger partial charge in [0.05, 0.1) is 13.5 Å². The smallest absolute Gasteiger partial charge is 0.232 e. The predicted molar refractivity (Wildman–Crippen MR) is 121 cm³/mol. The van der Waals surface area contributed by atoms with Gasteiger partial charge in [-0.3, -0.25) is 9.69 Å². The van der Waals surface area contributed by atoms with Gasteiger partial charge < -0.3 is 4.74 Å². The quantitative estimate of drug-likeness (QED) is 0.588. The van der Waals surface area contributed by atoms with Crippen LogP contribution in [0.5, 0.6) is 5.75 Å². The molecule has 4 nitrogen and oxygen atoms in total. The van der Waals surface area contributed by atoms with Crippen molar-refractivity contribution in [3.8, 4) is 5.75 Å². The second kappa shape index (κ2) is 8.70. The largest absolute Gasteiger partial charge is 0.494 e. The summed E-state index contributed by atoms with van der Waals surface area (Å²) in [6.07, 6.45) is 1.34. The first kappa shape index (κ1) is 19.5. The van der Waals surface area contributed by atoms with Crippen molar-refractivity contribution in [1.82, 2.24) is 4.90 Å². The maximum Gasteiger partial charge on any atom is 0.232 e. The van der Waals surface area contributed by atoms with Crippen molar-refractivity contribution in [2.45, 2.75) is 19.8 Å². The van der Waals surface area contributed by atoms with Crippen molar-refractivity contribution >= 4 is 39.3 Å². The van der Waals surface area contributed by atoms with Crippen LogP contribution in [-0.2, 0) is 11.2 Å². The molecule has 3 aromatic carbocycles. The van der Waals surface area contributed by atoms with Crippen LogP contribution >= 0.6 is 11.8 Å². The highest BCUT2D eigenvalue weighted by atomic mass is 32.2. The molecule has 4 rings (SSSR count). The molecule has 29 heavy (non-hydrogen) atoms. The Kier molecular flexibility index (Phi) is 5.86. The molecule has 1 heterocycles. The molecule has 1 aliphatic rings. The van der Waals surface area contributed by atoms with Crippen LogP contribution in [0.2, 0.25) is 0 Å². The van der Waals surface area contributed by atoms with Gasteiger partial charge in [-0.15, -0.1) is 0 Å². The Morgan fingerprint density at radius 2 is 1.97 bits per heavy atom. The molecule has 0 unspecified atom stereocenters. The third-order valence-electron chi connectivity index (χ3n) is 5.06. The molecule has 0 radical (unpaired) electrons. The Hall–Kier alpha value is -2.79. The predicted octanol–water partition coefficient (Wildman–Crippen LogP) is 5.35. The van der Waals surface area contributed by atoms with Gasteiger partial charge in [0, 0.05) is 12.3 Å². The van der Waals surface area contributed by atoms with Gasteiger partial charge in [0.15, 0.2) is 5.17 Å². The third kappa shape index (κ3) is 4.30. The lowest BCUT2D eigenvalue weighted by molar-refractivity contribution is -0.126. The van der Waals surface area contributed by atoms with Gasteiger partial charge in [-0.2, -0.15) is 0 Å². The molecular weight excluding hydrogens is 380 g/mol. The molecule has 0 aromatic heterocycles. The molecule has 1 saturated heterocycles. The molecule has 1 aliphatic heterocycles. The normalized spacial score (nSPS) is 15.7. The van der Waals surface area contributed by atoms with E-state index in [1.54, 1.807) is 18.9 Å². The summed E-state index contributed by atoms with van der Waals surface area (Å²) < 4.78 is 5.46. The van der Waals surface area contributed by atoms with Crippen LogP contribution in [-0.4, -0.2) is 35.4 Å². The van der Waals surface area contributed by atoms with E-state index >= 15 is 0 Å². The second-order valence-electron chi connectivity index (χ2n) is 7.13. The summed E-state index contributed by atoms with van der Waals surface area (Å²) in [5.41, 5.74) is 2.93. The molecule has 0 bridgehead atoms. The molecule has 5 heteroatoms. The number of carbonyl (C=O) groups excluding carboxylic acids is 1. The number of ether oxygens (including phenoxy) is 1. The number of benzene rings is 3. The molecule has 0 saturated carbocycles. The van der Waals surface area contributed by atoms with Gasteiger partial charge in [0.2, 0.25) is 5.91 Å². The zero-order valence-corrected chi connectivity index (χ0v) is 17.5. The molecule has 0 spiro atoms. The standard InChI is InChI=1S/C24H24N2O2S/c1-17-11-12-22(28-2)21(15-17)25-24-26(13-6-14-29-24)23(27)16-19-9-5-8-18-7-3-4-10-20(18)19/h3-5,7-12,15H,6,13-14,16H2,1-2H3. The number of carbonyl (C=O) groups is 1. The van der Waals surface area contributed by atoms with E-state index in [9.17, 15) is 4.79 Å². The maximum absolute atomic E-state index is 13.2. The fourth-order valence-corrected chi connectivity index (χ4v) is 4.55. The van der Waals surface area contributed by atoms with Crippen LogP contribution in [0.1, 0.15) is 17.5 Å². The Morgan fingerprint density at radius 1 is 1.14 bits per heavy atom. The first-order chi connectivity index (χ1) is 14.2. The SMILES string of the molecule is COc1ccc(C)cc1N=C1SCCCN1C(=O)Cc1cccc2ccccc12. The van der Waals surface area contributed by atoms with E-state index < -0.39 is 0 Å².